The number of halogens is 1. The first-order valence-electron chi connectivity index (χ1n) is 14.4. The van der Waals surface area contributed by atoms with Crippen LogP contribution >= 0.6 is 22.6 Å². The van der Waals surface area contributed by atoms with Gasteiger partial charge in [0.25, 0.3) is 0 Å². The van der Waals surface area contributed by atoms with Crippen LogP contribution in [0.25, 0.3) is 10.8 Å². The zero-order chi connectivity index (χ0) is 30.3. The molecule has 1 saturated heterocycles. The molecule has 222 valence electrons. The highest BCUT2D eigenvalue weighted by atomic mass is 127. The third-order valence-corrected chi connectivity index (χ3v) is 9.16. The van der Waals surface area contributed by atoms with E-state index in [9.17, 15) is 14.4 Å². The second-order valence-corrected chi connectivity index (χ2v) is 12.5. The quantitative estimate of drug-likeness (QED) is 0.177. The monoisotopic (exact) mass is 680 g/mol. The summed E-state index contributed by atoms with van der Waals surface area (Å²) in [6.07, 6.45) is 4.82. The van der Waals surface area contributed by atoms with Crippen molar-refractivity contribution in [2.24, 2.45) is 0 Å². The molecule has 2 N–H and O–H groups in total. The van der Waals surface area contributed by atoms with Crippen LogP contribution in [0.4, 0.5) is 0 Å². The number of nitrogens with zero attached hydrogens (tertiary/aromatic N) is 2. The van der Waals surface area contributed by atoms with E-state index >= 15 is 0 Å². The summed E-state index contributed by atoms with van der Waals surface area (Å²) in [5.74, 6) is -0.617. The third-order valence-electron chi connectivity index (χ3n) is 8.09. The molecule has 3 aromatic carbocycles. The summed E-state index contributed by atoms with van der Waals surface area (Å²) < 4.78 is 0.680. The second-order valence-electron chi connectivity index (χ2n) is 11.6. The van der Waals surface area contributed by atoms with Crippen molar-refractivity contribution < 1.29 is 14.4 Å². The maximum atomic E-state index is 14.5. The fraction of sp³-hybridized carbons (Fsp3) is 0.382. The number of benzene rings is 3. The molecule has 0 bridgehead atoms. The third kappa shape index (κ3) is 7.98. The van der Waals surface area contributed by atoms with Crippen LogP contribution in [0.3, 0.4) is 0 Å². The van der Waals surface area contributed by atoms with Gasteiger partial charge in [-0.3, -0.25) is 14.4 Å². The molecular formula is C34H41IN4O3. The summed E-state index contributed by atoms with van der Waals surface area (Å²) in [5.41, 5.74) is 1.78. The number of hydrogen-bond acceptors (Lipinski definition) is 4. The Kier molecular flexibility index (Phi) is 10.8. The Bertz CT molecular complexity index is 1420. The highest BCUT2D eigenvalue weighted by Crippen LogP contribution is 2.22. The number of carbonyl (C=O) groups excluding carboxylic acids is 3. The van der Waals surface area contributed by atoms with Gasteiger partial charge in [0, 0.05) is 36.4 Å². The van der Waals surface area contributed by atoms with E-state index in [4.69, 9.17) is 0 Å². The Morgan fingerprint density at radius 2 is 1.76 bits per heavy atom. The van der Waals surface area contributed by atoms with Gasteiger partial charge in [-0.1, -0.05) is 101 Å². The predicted octanol–water partition coefficient (Wildman–Crippen LogP) is 4.53. The van der Waals surface area contributed by atoms with Crippen molar-refractivity contribution in [1.82, 2.24) is 20.4 Å². The number of fused-ring (bicyclic) bond motifs is 1. The van der Waals surface area contributed by atoms with Crippen molar-refractivity contribution in [1.29, 1.82) is 0 Å². The van der Waals surface area contributed by atoms with Crippen LogP contribution in [0.2, 0.25) is 0 Å². The number of rotatable bonds is 11. The molecule has 0 spiro atoms. The highest BCUT2D eigenvalue weighted by Gasteiger charge is 2.41. The largest absolute Gasteiger partial charge is 0.349 e. The first-order valence-corrected chi connectivity index (χ1v) is 15.9. The smallest absolute Gasteiger partial charge is 0.246 e. The summed E-state index contributed by atoms with van der Waals surface area (Å²) >= 11 is 2.24. The minimum atomic E-state index is -0.778. The molecule has 1 aliphatic heterocycles. The first kappa shape index (κ1) is 31.7. The Morgan fingerprint density at radius 3 is 2.45 bits per heavy atom. The van der Waals surface area contributed by atoms with Gasteiger partial charge in [0.1, 0.15) is 12.1 Å². The van der Waals surface area contributed by atoms with E-state index in [1.807, 2.05) is 73.8 Å². The molecule has 8 heteroatoms. The molecule has 0 aromatic heterocycles. The van der Waals surface area contributed by atoms with Crippen LogP contribution in [0.1, 0.15) is 31.4 Å². The molecule has 0 saturated carbocycles. The van der Waals surface area contributed by atoms with Crippen LogP contribution in [-0.2, 0) is 27.2 Å². The van der Waals surface area contributed by atoms with Crippen LogP contribution in [0.15, 0.2) is 84.9 Å². The Labute approximate surface area is 262 Å². The normalized spacial score (nSPS) is 18.2. The van der Waals surface area contributed by atoms with Crippen molar-refractivity contribution in [3.05, 3.63) is 96.1 Å². The Hall–Kier alpha value is -3.24. The van der Waals surface area contributed by atoms with Crippen LogP contribution < -0.4 is 10.6 Å². The summed E-state index contributed by atoms with van der Waals surface area (Å²) in [5, 5.41) is 8.52. The molecule has 4 rings (SSSR count). The number of piperazine rings is 1. The van der Waals surface area contributed by atoms with E-state index in [1.54, 1.807) is 18.0 Å². The van der Waals surface area contributed by atoms with E-state index in [1.165, 1.54) is 4.90 Å². The lowest BCUT2D eigenvalue weighted by Crippen LogP contribution is -2.65. The van der Waals surface area contributed by atoms with E-state index in [-0.39, 0.29) is 29.3 Å². The molecule has 0 unspecified atom stereocenters. The van der Waals surface area contributed by atoms with Gasteiger partial charge in [0.2, 0.25) is 17.7 Å². The van der Waals surface area contributed by atoms with Crippen molar-refractivity contribution in [3.8, 4) is 0 Å². The average molecular weight is 681 g/mol. The van der Waals surface area contributed by atoms with Gasteiger partial charge in [-0.2, -0.15) is 0 Å². The molecule has 7 nitrogen and oxygen atoms in total. The fourth-order valence-electron chi connectivity index (χ4n) is 5.22. The standard InChI is InChI=1S/C34H41IN4O3/c1-34(2,36-3)18-10-15-31(40)38(4)30(21-25-16-17-26-13-8-9-14-27(26)19-25)33(42)39-23-28(22-35)37-32(41)29(39)20-24-11-6-5-7-12-24/h5-17,19,28-30,36H,18,20-23H2,1-4H3,(H,37,41)/b15-10+/t28-,29-,30-/m1/s1. The second kappa shape index (κ2) is 14.3. The first-order chi connectivity index (χ1) is 20.1. The van der Waals surface area contributed by atoms with Gasteiger partial charge in [-0.05, 0) is 55.3 Å². The minimum Gasteiger partial charge on any atom is -0.349 e. The number of likely N-dealkylation sites (N-methyl/N-ethyl adjacent to an activating group) is 1. The molecule has 1 heterocycles. The maximum absolute atomic E-state index is 14.5. The van der Waals surface area contributed by atoms with Crippen molar-refractivity contribution in [2.75, 3.05) is 25.1 Å². The molecule has 3 amide bonds. The van der Waals surface area contributed by atoms with Crippen molar-refractivity contribution >= 4 is 51.1 Å². The van der Waals surface area contributed by atoms with Gasteiger partial charge in [0.05, 0.1) is 6.04 Å². The molecule has 1 aliphatic rings. The molecule has 1 fully saturated rings. The van der Waals surface area contributed by atoms with Gasteiger partial charge < -0.3 is 20.4 Å². The lowest BCUT2D eigenvalue weighted by atomic mass is 9.96. The summed E-state index contributed by atoms with van der Waals surface area (Å²) in [6, 6.07) is 22.4. The van der Waals surface area contributed by atoms with E-state index < -0.39 is 12.1 Å². The average Bonchev–Trinajstić information content (AvgIpc) is 3.00. The number of alkyl halides is 1. The number of amides is 3. The SMILES string of the molecule is CNC(C)(C)C/C=C/C(=O)N(C)[C@H](Cc1ccc2ccccc2c1)C(=O)N1C[C@@H](CI)NC(=O)[C@H]1Cc1ccccc1. The number of hydrogen-bond donors (Lipinski definition) is 2. The molecule has 3 aromatic rings. The highest BCUT2D eigenvalue weighted by molar-refractivity contribution is 14.1. The summed E-state index contributed by atoms with van der Waals surface area (Å²) in [7, 11) is 3.58. The lowest BCUT2D eigenvalue weighted by Gasteiger charge is -2.42. The zero-order valence-corrected chi connectivity index (χ0v) is 27.0. The molecular weight excluding hydrogens is 639 g/mol. The van der Waals surface area contributed by atoms with Crippen molar-refractivity contribution in [2.45, 2.75) is 56.8 Å². The predicted molar refractivity (Wildman–Crippen MR) is 178 cm³/mol. The van der Waals surface area contributed by atoms with Crippen LogP contribution in [0, 0.1) is 0 Å². The minimum absolute atomic E-state index is 0.153. The number of nitrogens with one attached hydrogen (secondary N) is 2. The van der Waals surface area contributed by atoms with E-state index in [2.05, 4.69) is 59.2 Å². The molecule has 42 heavy (non-hydrogen) atoms. The van der Waals surface area contributed by atoms with Crippen molar-refractivity contribution in [3.63, 3.8) is 0 Å². The van der Waals surface area contributed by atoms with Crippen LogP contribution in [-0.4, -0.2) is 76.3 Å². The summed E-state index contributed by atoms with van der Waals surface area (Å²) in [4.78, 5) is 44.6. The number of carbonyl (C=O) groups is 3. The van der Waals surface area contributed by atoms with E-state index in [0.717, 1.165) is 21.9 Å². The van der Waals surface area contributed by atoms with E-state index in [0.29, 0.717) is 30.2 Å². The molecule has 0 aliphatic carbocycles. The summed E-state index contributed by atoms with van der Waals surface area (Å²) in [6.45, 7) is 4.53. The van der Waals surface area contributed by atoms with Gasteiger partial charge in [-0.15, -0.1) is 0 Å². The molecule has 0 radical (unpaired) electrons. The maximum Gasteiger partial charge on any atom is 0.246 e. The molecule has 3 atom stereocenters. The van der Waals surface area contributed by atoms with Gasteiger partial charge in [0.15, 0.2) is 0 Å². The van der Waals surface area contributed by atoms with Gasteiger partial charge in [-0.25, -0.2) is 0 Å². The van der Waals surface area contributed by atoms with Gasteiger partial charge >= 0.3 is 0 Å². The zero-order valence-electron chi connectivity index (χ0n) is 24.8. The topological polar surface area (TPSA) is 81.8 Å². The Morgan fingerprint density at radius 1 is 1.07 bits per heavy atom. The van der Waals surface area contributed by atoms with Crippen LogP contribution in [0.5, 0.6) is 0 Å². The Balaban J connectivity index is 1.67. The fourth-order valence-corrected chi connectivity index (χ4v) is 5.72. The lowest BCUT2D eigenvalue weighted by molar-refractivity contribution is -0.150.